The van der Waals surface area contributed by atoms with Gasteiger partial charge in [-0.3, -0.25) is 4.79 Å². The minimum absolute atomic E-state index is 0.00605. The smallest absolute Gasteiger partial charge is 0.287 e. The summed E-state index contributed by atoms with van der Waals surface area (Å²) in [6, 6.07) is 15.1. The monoisotopic (exact) mass is 603 g/mol. The number of amidine groups is 1. The van der Waals surface area contributed by atoms with Gasteiger partial charge in [0.2, 0.25) is 0 Å². The lowest BCUT2D eigenvalue weighted by atomic mass is 9.89. The van der Waals surface area contributed by atoms with Crippen molar-refractivity contribution >= 4 is 47.9 Å². The molecule has 0 spiro atoms. The van der Waals surface area contributed by atoms with Gasteiger partial charge >= 0.3 is 0 Å². The molecule has 2 aromatic carbocycles. The van der Waals surface area contributed by atoms with Crippen LogP contribution >= 0.6 is 11.3 Å². The third kappa shape index (κ3) is 5.96. The van der Waals surface area contributed by atoms with E-state index in [1.54, 1.807) is 17.5 Å². The topological polar surface area (TPSA) is 133 Å². The lowest BCUT2D eigenvalue weighted by molar-refractivity contribution is -0.129. The number of benzene rings is 2. The van der Waals surface area contributed by atoms with Crippen LogP contribution in [0.2, 0.25) is 0 Å². The van der Waals surface area contributed by atoms with Crippen LogP contribution in [0.5, 0.6) is 0 Å². The van der Waals surface area contributed by atoms with E-state index in [2.05, 4.69) is 9.71 Å². The van der Waals surface area contributed by atoms with Crippen LogP contribution in [0.4, 0.5) is 9.39 Å². The summed E-state index contributed by atoms with van der Waals surface area (Å²) >= 11 is 1.05. The van der Waals surface area contributed by atoms with Crippen LogP contribution in [0.15, 0.2) is 80.6 Å². The molecule has 0 fully saturated rings. The van der Waals surface area contributed by atoms with Crippen molar-refractivity contribution in [3.63, 3.8) is 0 Å². The number of amides is 1. The van der Waals surface area contributed by atoms with E-state index in [0.717, 1.165) is 23.2 Å². The summed E-state index contributed by atoms with van der Waals surface area (Å²) < 4.78 is 67.2. The fraction of sp³-hybridized carbons (Fsp3) is 0.259. The maximum absolute atomic E-state index is 13.7. The third-order valence-electron chi connectivity index (χ3n) is 6.69. The van der Waals surface area contributed by atoms with E-state index in [1.165, 1.54) is 17.0 Å². The molecule has 40 heavy (non-hydrogen) atoms. The Balaban J connectivity index is 1.52. The molecular formula is C27H26FN3O6S3. The first-order valence-electron chi connectivity index (χ1n) is 12.3. The van der Waals surface area contributed by atoms with Gasteiger partial charge in [-0.15, -0.1) is 15.7 Å². The minimum Gasteiger partial charge on any atom is -0.511 e. The number of aliphatic hydroxyl groups excluding tert-OH is 1. The molecule has 13 heteroatoms. The number of hydrogen-bond donors (Lipinski definition) is 2. The summed E-state index contributed by atoms with van der Waals surface area (Å²) in [4.78, 5) is 15.1. The second-order valence-electron chi connectivity index (χ2n) is 9.80. The first-order valence-corrected chi connectivity index (χ1v) is 16.7. The van der Waals surface area contributed by atoms with Crippen molar-refractivity contribution in [1.29, 1.82) is 0 Å². The number of rotatable bonds is 8. The van der Waals surface area contributed by atoms with Gasteiger partial charge in [-0.2, -0.15) is 8.42 Å². The highest BCUT2D eigenvalue weighted by Gasteiger charge is 2.40. The Morgan fingerprint density at radius 1 is 1.12 bits per heavy atom. The second-order valence-corrected chi connectivity index (χ2v) is 14.5. The molecule has 2 aliphatic heterocycles. The molecule has 3 heterocycles. The molecule has 2 aliphatic rings. The van der Waals surface area contributed by atoms with E-state index < -0.39 is 37.5 Å². The van der Waals surface area contributed by atoms with Crippen molar-refractivity contribution < 1.29 is 31.1 Å². The van der Waals surface area contributed by atoms with Crippen LogP contribution in [0, 0.1) is 11.7 Å². The molecule has 0 radical (unpaired) electrons. The number of halogens is 1. The Kier molecular flexibility index (Phi) is 7.55. The molecule has 0 saturated carbocycles. The van der Waals surface area contributed by atoms with E-state index in [-0.39, 0.29) is 52.3 Å². The first kappa shape index (κ1) is 28.0. The molecule has 1 unspecified atom stereocenters. The van der Waals surface area contributed by atoms with Crippen molar-refractivity contribution in [2.75, 3.05) is 23.9 Å². The number of carbonyl (C=O) groups excluding carboxylic acids is 1. The molecule has 1 atom stereocenters. The standard InChI is InChI=1S/C27H26FN3O6S3/c1-39(34,35)12-11-19-16-38-26-24(19)40(36,37)30-25(29-26)22-23(32)20(13-17-5-3-2-4-6-17)15-31(27(22)33)14-18-7-9-21(28)10-8-18/h2-10,16,20,32H,11-15H2,1H3,(H,29,30). The molecule has 2 N–H and O–H groups in total. The summed E-state index contributed by atoms with van der Waals surface area (Å²) in [6.45, 7) is 0.265. The quantitative estimate of drug-likeness (QED) is 0.401. The van der Waals surface area contributed by atoms with E-state index in [1.807, 2.05) is 30.3 Å². The number of nitrogens with zero attached hydrogens (tertiary/aromatic N) is 2. The summed E-state index contributed by atoms with van der Waals surface area (Å²) in [6.07, 6.45) is 1.44. The number of carbonyl (C=O) groups is 1. The van der Waals surface area contributed by atoms with Gasteiger partial charge in [0.15, 0.2) is 5.84 Å². The second kappa shape index (κ2) is 10.8. The number of nitrogens with one attached hydrogen (secondary N) is 1. The van der Waals surface area contributed by atoms with E-state index >= 15 is 0 Å². The minimum atomic E-state index is -4.32. The molecule has 0 bridgehead atoms. The Hall–Kier alpha value is -3.55. The van der Waals surface area contributed by atoms with Gasteiger partial charge in [0.25, 0.3) is 15.9 Å². The number of aliphatic hydroxyl groups is 1. The normalized spacial score (nSPS) is 18.8. The Bertz CT molecular complexity index is 1730. The molecule has 9 nitrogen and oxygen atoms in total. The van der Waals surface area contributed by atoms with Gasteiger partial charge in [0, 0.05) is 25.3 Å². The predicted octanol–water partition coefficient (Wildman–Crippen LogP) is 3.70. The van der Waals surface area contributed by atoms with Crippen molar-refractivity contribution in [3.8, 4) is 0 Å². The van der Waals surface area contributed by atoms with E-state index in [4.69, 9.17) is 0 Å². The zero-order valence-corrected chi connectivity index (χ0v) is 23.8. The number of thiophene rings is 1. The van der Waals surface area contributed by atoms with Gasteiger partial charge in [0.1, 0.15) is 36.9 Å². The van der Waals surface area contributed by atoms with Crippen molar-refractivity contribution in [1.82, 2.24) is 4.90 Å². The van der Waals surface area contributed by atoms with Crippen LogP contribution < -0.4 is 5.32 Å². The van der Waals surface area contributed by atoms with Gasteiger partial charge in [0.05, 0.1) is 5.75 Å². The number of hydrogen-bond acceptors (Lipinski definition) is 8. The van der Waals surface area contributed by atoms with Crippen molar-refractivity contribution in [2.45, 2.75) is 24.3 Å². The third-order valence-corrected chi connectivity index (χ3v) is 10.1. The van der Waals surface area contributed by atoms with Crippen LogP contribution in [-0.2, 0) is 44.0 Å². The number of aryl methyl sites for hydroxylation is 1. The summed E-state index contributed by atoms with van der Waals surface area (Å²) in [5.41, 5.74) is 1.64. The Labute approximate surface area is 235 Å². The summed E-state index contributed by atoms with van der Waals surface area (Å²) in [5.74, 6) is -2.40. The summed E-state index contributed by atoms with van der Waals surface area (Å²) in [7, 11) is -7.65. The summed E-state index contributed by atoms with van der Waals surface area (Å²) in [5, 5.41) is 16.0. The average molecular weight is 604 g/mol. The number of fused-ring (bicyclic) bond motifs is 1. The first-order chi connectivity index (χ1) is 18.9. The van der Waals surface area contributed by atoms with Crippen LogP contribution in [0.25, 0.3) is 0 Å². The van der Waals surface area contributed by atoms with Gasteiger partial charge in [-0.05, 0) is 47.0 Å². The molecule has 1 amide bonds. The Morgan fingerprint density at radius 3 is 2.50 bits per heavy atom. The number of sulfone groups is 1. The van der Waals surface area contributed by atoms with Crippen molar-refractivity contribution in [2.24, 2.45) is 10.3 Å². The van der Waals surface area contributed by atoms with Crippen LogP contribution in [-0.4, -0.2) is 57.1 Å². The molecule has 5 rings (SSSR count). The molecule has 0 saturated heterocycles. The molecule has 3 aromatic rings. The lowest BCUT2D eigenvalue weighted by Crippen LogP contribution is -2.45. The lowest BCUT2D eigenvalue weighted by Gasteiger charge is -2.34. The van der Waals surface area contributed by atoms with Crippen LogP contribution in [0.1, 0.15) is 16.7 Å². The maximum Gasteiger partial charge on any atom is 0.287 e. The number of sulfonamides is 1. The number of anilines is 1. The fourth-order valence-corrected chi connectivity index (χ4v) is 8.02. The van der Waals surface area contributed by atoms with Crippen LogP contribution in [0.3, 0.4) is 0 Å². The SMILES string of the molecule is CS(=O)(=O)CCc1csc2c1S(=O)(=O)N=C(C1=C(O)C(Cc3ccccc3)CN(Cc3ccc(F)cc3)C1=O)N2. The fourth-order valence-electron chi connectivity index (χ4n) is 4.76. The zero-order chi connectivity index (χ0) is 28.7. The maximum atomic E-state index is 13.7. The predicted molar refractivity (Wildman–Crippen MR) is 151 cm³/mol. The van der Waals surface area contributed by atoms with E-state index in [9.17, 15) is 31.1 Å². The van der Waals surface area contributed by atoms with E-state index in [0.29, 0.717) is 17.5 Å². The highest BCUT2D eigenvalue weighted by molar-refractivity contribution is 7.91. The molecule has 1 aromatic heterocycles. The molecule has 210 valence electrons. The van der Waals surface area contributed by atoms with Gasteiger partial charge < -0.3 is 15.3 Å². The van der Waals surface area contributed by atoms with Gasteiger partial charge in [-0.25, -0.2) is 12.8 Å². The highest BCUT2D eigenvalue weighted by atomic mass is 32.2. The van der Waals surface area contributed by atoms with Gasteiger partial charge in [-0.1, -0.05) is 42.5 Å². The average Bonchev–Trinajstić information content (AvgIpc) is 3.31. The highest BCUT2D eigenvalue weighted by Crippen LogP contribution is 2.39. The Morgan fingerprint density at radius 2 is 1.82 bits per heavy atom. The molecular weight excluding hydrogens is 578 g/mol. The molecule has 0 aliphatic carbocycles. The zero-order valence-electron chi connectivity index (χ0n) is 21.4. The largest absolute Gasteiger partial charge is 0.511 e. The van der Waals surface area contributed by atoms with Crippen molar-refractivity contribution in [3.05, 3.63) is 93.8 Å².